The van der Waals surface area contributed by atoms with Crippen LogP contribution < -0.4 is 5.43 Å². The first-order valence-electron chi connectivity index (χ1n) is 8.76. The number of aromatic hydroxyl groups is 1. The smallest absolute Gasteiger partial charge is 0.449 e. The summed E-state index contributed by atoms with van der Waals surface area (Å²) < 4.78 is 50.6. The molecule has 27 heavy (non-hydrogen) atoms. The van der Waals surface area contributed by atoms with Crippen LogP contribution in [0.15, 0.2) is 27.4 Å². The van der Waals surface area contributed by atoms with Gasteiger partial charge in [0.2, 0.25) is 5.76 Å². The number of ether oxygens (including phenoxy) is 1. The maximum Gasteiger partial charge on any atom is 0.449 e. The van der Waals surface area contributed by atoms with E-state index in [1.165, 1.54) is 12.1 Å². The number of fused-ring (bicyclic) bond motifs is 1. The quantitative estimate of drug-likeness (QED) is 0.796. The van der Waals surface area contributed by atoms with Crippen molar-refractivity contribution in [3.05, 3.63) is 39.7 Å². The SMILES string of the molecule is CCOC(=O)C1CCC(c2c(C(F)(F)F)oc3cc(O)ccc3c2=O)CC1. The van der Waals surface area contributed by atoms with E-state index in [4.69, 9.17) is 9.15 Å². The fraction of sp³-hybridized carbons (Fsp3) is 0.474. The predicted octanol–water partition coefficient (Wildman–Crippen LogP) is 4.35. The molecular weight excluding hydrogens is 365 g/mol. The van der Waals surface area contributed by atoms with Crippen LogP contribution in [-0.2, 0) is 15.7 Å². The van der Waals surface area contributed by atoms with Crippen molar-refractivity contribution in [1.29, 1.82) is 0 Å². The average Bonchev–Trinajstić information content (AvgIpc) is 2.61. The Hall–Kier alpha value is -2.51. The number of hydrogen-bond donors (Lipinski definition) is 1. The van der Waals surface area contributed by atoms with Gasteiger partial charge in [0.25, 0.3) is 0 Å². The third-order valence-corrected chi connectivity index (χ3v) is 4.92. The monoisotopic (exact) mass is 384 g/mol. The molecule has 1 aromatic heterocycles. The van der Waals surface area contributed by atoms with Gasteiger partial charge in [0.05, 0.1) is 23.5 Å². The summed E-state index contributed by atoms with van der Waals surface area (Å²) in [6, 6.07) is 3.48. The first kappa shape index (κ1) is 19.3. The van der Waals surface area contributed by atoms with E-state index in [-0.39, 0.29) is 48.1 Å². The van der Waals surface area contributed by atoms with Crippen LogP contribution in [-0.4, -0.2) is 17.7 Å². The second-order valence-electron chi connectivity index (χ2n) is 6.65. The van der Waals surface area contributed by atoms with E-state index in [1.807, 2.05) is 0 Å². The Morgan fingerprint density at radius 2 is 1.93 bits per heavy atom. The minimum absolute atomic E-state index is 0.0108. The van der Waals surface area contributed by atoms with Gasteiger partial charge in [-0.1, -0.05) is 0 Å². The molecule has 0 aliphatic heterocycles. The Balaban J connectivity index is 2.01. The summed E-state index contributed by atoms with van der Waals surface area (Å²) in [6.45, 7) is 1.94. The minimum atomic E-state index is -4.84. The third-order valence-electron chi connectivity index (χ3n) is 4.92. The molecule has 5 nitrogen and oxygen atoms in total. The highest BCUT2D eigenvalue weighted by Gasteiger charge is 2.42. The van der Waals surface area contributed by atoms with E-state index in [2.05, 4.69) is 0 Å². The average molecular weight is 384 g/mol. The Morgan fingerprint density at radius 3 is 2.52 bits per heavy atom. The van der Waals surface area contributed by atoms with Gasteiger partial charge >= 0.3 is 12.1 Å². The number of carbonyl (C=O) groups excluding carboxylic acids is 1. The summed E-state index contributed by atoms with van der Waals surface area (Å²) in [7, 11) is 0. The highest BCUT2D eigenvalue weighted by Crippen LogP contribution is 2.42. The molecular formula is C19H19F3O5. The lowest BCUT2D eigenvalue weighted by Gasteiger charge is -2.28. The number of rotatable bonds is 3. The maximum atomic E-state index is 13.5. The van der Waals surface area contributed by atoms with Crippen LogP contribution in [0.2, 0.25) is 0 Å². The van der Waals surface area contributed by atoms with E-state index in [0.29, 0.717) is 12.8 Å². The first-order chi connectivity index (χ1) is 12.7. The zero-order valence-electron chi connectivity index (χ0n) is 14.6. The van der Waals surface area contributed by atoms with Crippen molar-refractivity contribution in [2.75, 3.05) is 6.61 Å². The van der Waals surface area contributed by atoms with Gasteiger partial charge in [-0.2, -0.15) is 13.2 Å². The molecule has 1 aromatic carbocycles. The molecule has 0 atom stereocenters. The number of carbonyl (C=O) groups is 1. The van der Waals surface area contributed by atoms with Crippen LogP contribution in [0.4, 0.5) is 13.2 Å². The van der Waals surface area contributed by atoms with Crippen molar-refractivity contribution in [2.45, 2.75) is 44.7 Å². The van der Waals surface area contributed by atoms with E-state index in [0.717, 1.165) is 6.07 Å². The fourth-order valence-corrected chi connectivity index (χ4v) is 3.66. The number of phenols is 1. The molecule has 0 saturated heterocycles. The summed E-state index contributed by atoms with van der Waals surface area (Å²) in [5.74, 6) is -2.98. The summed E-state index contributed by atoms with van der Waals surface area (Å²) in [5.41, 5.74) is -1.46. The zero-order valence-corrected chi connectivity index (χ0v) is 14.6. The molecule has 1 fully saturated rings. The van der Waals surface area contributed by atoms with Crippen LogP contribution >= 0.6 is 0 Å². The third kappa shape index (κ3) is 3.79. The molecule has 0 radical (unpaired) electrons. The molecule has 8 heteroatoms. The number of alkyl halides is 3. The number of halogens is 3. The van der Waals surface area contributed by atoms with Crippen molar-refractivity contribution >= 4 is 16.9 Å². The fourth-order valence-electron chi connectivity index (χ4n) is 3.66. The Morgan fingerprint density at radius 1 is 1.26 bits per heavy atom. The molecule has 3 rings (SSSR count). The van der Waals surface area contributed by atoms with Crippen LogP contribution in [0.3, 0.4) is 0 Å². The van der Waals surface area contributed by atoms with E-state index < -0.39 is 28.8 Å². The van der Waals surface area contributed by atoms with Crippen molar-refractivity contribution in [3.8, 4) is 5.75 Å². The van der Waals surface area contributed by atoms with Gasteiger partial charge in [0.15, 0.2) is 5.43 Å². The summed E-state index contributed by atoms with van der Waals surface area (Å²) in [6.07, 6.45) is -3.60. The normalized spacial score (nSPS) is 20.6. The van der Waals surface area contributed by atoms with Gasteiger partial charge in [-0.15, -0.1) is 0 Å². The summed E-state index contributed by atoms with van der Waals surface area (Å²) >= 11 is 0. The van der Waals surface area contributed by atoms with E-state index in [9.17, 15) is 27.9 Å². The first-order valence-corrected chi connectivity index (χ1v) is 8.76. The van der Waals surface area contributed by atoms with Gasteiger partial charge in [-0.3, -0.25) is 9.59 Å². The largest absolute Gasteiger partial charge is 0.508 e. The number of hydrogen-bond acceptors (Lipinski definition) is 5. The number of benzene rings is 1. The van der Waals surface area contributed by atoms with Gasteiger partial charge in [-0.05, 0) is 50.7 Å². The Bertz CT molecular complexity index is 908. The van der Waals surface area contributed by atoms with Crippen LogP contribution in [0, 0.1) is 5.92 Å². The maximum absolute atomic E-state index is 13.5. The Kier molecular flexibility index (Phi) is 5.17. The number of phenolic OH excluding ortho intramolecular Hbond substituents is 1. The van der Waals surface area contributed by atoms with Crippen LogP contribution in [0.5, 0.6) is 5.75 Å². The molecule has 1 heterocycles. The van der Waals surface area contributed by atoms with Crippen LogP contribution in [0.25, 0.3) is 11.0 Å². The second kappa shape index (κ2) is 7.25. The number of esters is 1. The highest BCUT2D eigenvalue weighted by molar-refractivity contribution is 5.79. The topological polar surface area (TPSA) is 76.7 Å². The molecule has 0 spiro atoms. The predicted molar refractivity (Wildman–Crippen MR) is 90.5 cm³/mol. The molecule has 1 saturated carbocycles. The van der Waals surface area contributed by atoms with Crippen molar-refractivity contribution in [1.82, 2.24) is 0 Å². The van der Waals surface area contributed by atoms with Gasteiger partial charge < -0.3 is 14.3 Å². The van der Waals surface area contributed by atoms with Crippen molar-refractivity contribution < 1.29 is 32.2 Å². The lowest BCUT2D eigenvalue weighted by molar-refractivity contribution is -0.154. The molecule has 146 valence electrons. The minimum Gasteiger partial charge on any atom is -0.508 e. The summed E-state index contributed by atoms with van der Waals surface area (Å²) in [4.78, 5) is 24.6. The van der Waals surface area contributed by atoms with E-state index in [1.54, 1.807) is 6.92 Å². The molecule has 2 aromatic rings. The van der Waals surface area contributed by atoms with Gasteiger partial charge in [0, 0.05) is 6.07 Å². The molecule has 1 aliphatic rings. The van der Waals surface area contributed by atoms with Crippen LogP contribution in [0.1, 0.15) is 49.8 Å². The lowest BCUT2D eigenvalue weighted by Crippen LogP contribution is -2.27. The summed E-state index contributed by atoms with van der Waals surface area (Å²) in [5, 5.41) is 9.46. The second-order valence-corrected chi connectivity index (χ2v) is 6.65. The van der Waals surface area contributed by atoms with E-state index >= 15 is 0 Å². The molecule has 0 amide bonds. The van der Waals surface area contributed by atoms with Gasteiger partial charge in [0.1, 0.15) is 11.3 Å². The highest BCUT2D eigenvalue weighted by atomic mass is 19.4. The molecule has 1 N–H and O–H groups in total. The van der Waals surface area contributed by atoms with Crippen molar-refractivity contribution in [2.24, 2.45) is 5.92 Å². The Labute approximate surface area is 152 Å². The standard InChI is InChI=1S/C19H19F3O5/c1-2-26-18(25)11-5-3-10(4-6-11)15-16(24)13-8-7-12(23)9-14(13)27-17(15)19(20,21)22/h7-11,23H,2-6H2,1H3. The lowest BCUT2D eigenvalue weighted by atomic mass is 9.78. The zero-order chi connectivity index (χ0) is 19.8. The van der Waals surface area contributed by atoms with Gasteiger partial charge in [-0.25, -0.2) is 0 Å². The van der Waals surface area contributed by atoms with Crippen molar-refractivity contribution in [3.63, 3.8) is 0 Å². The molecule has 0 unspecified atom stereocenters. The molecule has 0 bridgehead atoms. The molecule has 1 aliphatic carbocycles.